The molecule has 0 aliphatic rings. The first-order valence-corrected chi connectivity index (χ1v) is 8.40. The molecule has 2 aromatic rings. The summed E-state index contributed by atoms with van der Waals surface area (Å²) in [4.78, 5) is 24.8. The lowest BCUT2D eigenvalue weighted by Gasteiger charge is -2.13. The quantitative estimate of drug-likeness (QED) is 0.790. The van der Waals surface area contributed by atoms with Gasteiger partial charge in [-0.25, -0.2) is 4.79 Å². The summed E-state index contributed by atoms with van der Waals surface area (Å²) in [6.07, 6.45) is 0. The first-order chi connectivity index (χ1) is 11.6. The molecule has 0 saturated carbocycles. The van der Waals surface area contributed by atoms with Crippen molar-refractivity contribution >= 4 is 23.7 Å². The summed E-state index contributed by atoms with van der Waals surface area (Å²) in [7, 11) is 1.58. The number of rotatable bonds is 6. The Kier molecular flexibility index (Phi) is 6.69. The van der Waals surface area contributed by atoms with Crippen molar-refractivity contribution in [3.8, 4) is 5.75 Å². The third kappa shape index (κ3) is 5.31. The van der Waals surface area contributed by atoms with E-state index < -0.39 is 11.3 Å². The van der Waals surface area contributed by atoms with Gasteiger partial charge in [-0.15, -0.1) is 11.8 Å². The van der Waals surface area contributed by atoms with Crippen LogP contribution in [0.25, 0.3) is 0 Å². The Morgan fingerprint density at radius 2 is 1.75 bits per heavy atom. The zero-order valence-electron chi connectivity index (χ0n) is 13.6. The van der Waals surface area contributed by atoms with Gasteiger partial charge in [-0.05, 0) is 24.6 Å². The number of urea groups is 1. The van der Waals surface area contributed by atoms with E-state index >= 15 is 0 Å². The van der Waals surface area contributed by atoms with E-state index in [0.29, 0.717) is 12.3 Å². The van der Waals surface area contributed by atoms with Gasteiger partial charge in [0, 0.05) is 6.54 Å². The number of hydrogen-bond acceptors (Lipinski definition) is 4. The molecule has 5 nitrogen and oxygen atoms in total. The van der Waals surface area contributed by atoms with Crippen molar-refractivity contribution in [2.45, 2.75) is 23.6 Å². The van der Waals surface area contributed by atoms with Crippen LogP contribution in [0.4, 0.5) is 4.79 Å². The van der Waals surface area contributed by atoms with Gasteiger partial charge in [-0.3, -0.25) is 10.1 Å². The number of nitrogens with one attached hydrogen (secondary N) is 2. The molecule has 0 aliphatic heterocycles. The highest BCUT2D eigenvalue weighted by Gasteiger charge is 2.18. The van der Waals surface area contributed by atoms with Gasteiger partial charge in [-0.1, -0.05) is 42.5 Å². The molecule has 0 aromatic heterocycles. The van der Waals surface area contributed by atoms with Gasteiger partial charge < -0.3 is 10.1 Å². The molecule has 0 saturated heterocycles. The molecule has 0 radical (unpaired) electrons. The highest BCUT2D eigenvalue weighted by Crippen LogP contribution is 2.31. The Balaban J connectivity index is 1.83. The van der Waals surface area contributed by atoms with Crippen molar-refractivity contribution < 1.29 is 14.3 Å². The molecule has 2 N–H and O–H groups in total. The Labute approximate surface area is 145 Å². The van der Waals surface area contributed by atoms with Crippen molar-refractivity contribution in [3.63, 3.8) is 0 Å². The maximum atomic E-state index is 12.1. The second-order valence-corrected chi connectivity index (χ2v) is 6.45. The maximum Gasteiger partial charge on any atom is 0.321 e. The number of benzene rings is 2. The van der Waals surface area contributed by atoms with Crippen LogP contribution in [-0.4, -0.2) is 24.3 Å². The normalized spacial score (nSPS) is 11.4. The van der Waals surface area contributed by atoms with Crippen LogP contribution < -0.4 is 15.4 Å². The first kappa shape index (κ1) is 17.9. The smallest absolute Gasteiger partial charge is 0.321 e. The van der Waals surface area contributed by atoms with E-state index in [4.69, 9.17) is 4.74 Å². The average molecular weight is 344 g/mol. The van der Waals surface area contributed by atoms with Crippen LogP contribution in [0.1, 0.15) is 12.5 Å². The topological polar surface area (TPSA) is 67.4 Å². The van der Waals surface area contributed by atoms with E-state index in [1.165, 1.54) is 11.8 Å². The second kappa shape index (κ2) is 8.98. The van der Waals surface area contributed by atoms with E-state index in [1.54, 1.807) is 14.0 Å². The Morgan fingerprint density at radius 3 is 2.46 bits per heavy atom. The Bertz CT molecular complexity index is 692. The standard InChI is InChI=1S/C18H20N2O3S/c1-13(24-16-11-7-6-10-15(16)23-2)17(21)20-18(22)19-12-14-8-4-3-5-9-14/h3-11,13H,12H2,1-2H3,(H2,19,20,21,22). The third-order valence-electron chi connectivity index (χ3n) is 3.27. The highest BCUT2D eigenvalue weighted by atomic mass is 32.2. The van der Waals surface area contributed by atoms with Gasteiger partial charge in [0.25, 0.3) is 0 Å². The number of carbonyl (C=O) groups is 2. The highest BCUT2D eigenvalue weighted by molar-refractivity contribution is 8.00. The lowest BCUT2D eigenvalue weighted by Crippen LogP contribution is -2.42. The minimum Gasteiger partial charge on any atom is -0.496 e. The van der Waals surface area contributed by atoms with E-state index in [1.807, 2.05) is 54.6 Å². The number of methoxy groups -OCH3 is 1. The number of hydrogen-bond donors (Lipinski definition) is 2. The van der Waals surface area contributed by atoms with Crippen LogP contribution >= 0.6 is 11.8 Å². The van der Waals surface area contributed by atoms with Crippen molar-refractivity contribution in [3.05, 3.63) is 60.2 Å². The minimum absolute atomic E-state index is 0.350. The molecule has 1 atom stereocenters. The van der Waals surface area contributed by atoms with Gasteiger partial charge in [0.1, 0.15) is 5.75 Å². The summed E-state index contributed by atoms with van der Waals surface area (Å²) < 4.78 is 5.26. The Hall–Kier alpha value is -2.47. The van der Waals surface area contributed by atoms with Crippen molar-refractivity contribution in [1.29, 1.82) is 0 Å². The van der Waals surface area contributed by atoms with Crippen LogP contribution in [0.15, 0.2) is 59.5 Å². The first-order valence-electron chi connectivity index (χ1n) is 7.52. The van der Waals surface area contributed by atoms with Gasteiger partial charge >= 0.3 is 6.03 Å². The molecule has 0 heterocycles. The second-order valence-electron chi connectivity index (χ2n) is 5.07. The lowest BCUT2D eigenvalue weighted by molar-refractivity contribution is -0.119. The molecule has 0 fully saturated rings. The van der Waals surface area contributed by atoms with Crippen LogP contribution in [-0.2, 0) is 11.3 Å². The van der Waals surface area contributed by atoms with E-state index in [2.05, 4.69) is 10.6 Å². The maximum absolute atomic E-state index is 12.1. The summed E-state index contributed by atoms with van der Waals surface area (Å²) >= 11 is 1.34. The predicted octanol–water partition coefficient (Wildman–Crippen LogP) is 3.20. The predicted molar refractivity (Wildman–Crippen MR) is 95.1 cm³/mol. The molecule has 24 heavy (non-hydrogen) atoms. The summed E-state index contributed by atoms with van der Waals surface area (Å²) in [5, 5.41) is 4.60. The molecule has 126 valence electrons. The Morgan fingerprint density at radius 1 is 1.08 bits per heavy atom. The summed E-state index contributed by atoms with van der Waals surface area (Å²) in [6.45, 7) is 2.12. The number of imide groups is 1. The fourth-order valence-corrected chi connectivity index (χ4v) is 2.97. The summed E-state index contributed by atoms with van der Waals surface area (Å²) in [5.41, 5.74) is 0.969. The number of carbonyl (C=O) groups excluding carboxylic acids is 2. The molecule has 6 heteroatoms. The van der Waals surface area contributed by atoms with Gasteiger partial charge in [0.05, 0.1) is 17.3 Å². The number of thioether (sulfide) groups is 1. The van der Waals surface area contributed by atoms with Gasteiger partial charge in [0.2, 0.25) is 5.91 Å². The van der Waals surface area contributed by atoms with Gasteiger partial charge in [-0.2, -0.15) is 0 Å². The summed E-state index contributed by atoms with van der Waals surface area (Å²) in [5.74, 6) is 0.354. The average Bonchev–Trinajstić information content (AvgIpc) is 2.61. The molecule has 2 rings (SSSR count). The number of para-hydroxylation sites is 1. The monoisotopic (exact) mass is 344 g/mol. The fourth-order valence-electron chi connectivity index (χ4n) is 2.00. The van der Waals surface area contributed by atoms with E-state index in [-0.39, 0.29) is 5.91 Å². The summed E-state index contributed by atoms with van der Waals surface area (Å²) in [6, 6.07) is 16.5. The SMILES string of the molecule is COc1ccccc1SC(C)C(=O)NC(=O)NCc1ccccc1. The van der Waals surface area contributed by atoms with Crippen LogP contribution in [0, 0.1) is 0 Å². The third-order valence-corrected chi connectivity index (χ3v) is 4.43. The molecule has 2 aromatic carbocycles. The molecule has 3 amide bonds. The van der Waals surface area contributed by atoms with Crippen LogP contribution in [0.2, 0.25) is 0 Å². The van der Waals surface area contributed by atoms with Crippen molar-refractivity contribution in [1.82, 2.24) is 10.6 Å². The number of ether oxygens (including phenoxy) is 1. The molecule has 0 aliphatic carbocycles. The van der Waals surface area contributed by atoms with E-state index in [0.717, 1.165) is 10.5 Å². The molecular weight excluding hydrogens is 324 g/mol. The number of amides is 3. The molecular formula is C18H20N2O3S. The van der Waals surface area contributed by atoms with Crippen LogP contribution in [0.3, 0.4) is 0 Å². The molecule has 0 spiro atoms. The fraction of sp³-hybridized carbons (Fsp3) is 0.222. The van der Waals surface area contributed by atoms with Crippen molar-refractivity contribution in [2.75, 3.05) is 7.11 Å². The van der Waals surface area contributed by atoms with E-state index in [9.17, 15) is 9.59 Å². The largest absolute Gasteiger partial charge is 0.496 e. The molecule has 1 unspecified atom stereocenters. The van der Waals surface area contributed by atoms with Crippen LogP contribution in [0.5, 0.6) is 5.75 Å². The van der Waals surface area contributed by atoms with Gasteiger partial charge in [0.15, 0.2) is 0 Å². The van der Waals surface area contributed by atoms with Crippen molar-refractivity contribution in [2.24, 2.45) is 0 Å². The minimum atomic E-state index is -0.503. The zero-order chi connectivity index (χ0) is 17.4. The lowest BCUT2D eigenvalue weighted by atomic mass is 10.2. The molecule has 0 bridgehead atoms. The zero-order valence-corrected chi connectivity index (χ0v) is 14.4.